The fourth-order valence-electron chi connectivity index (χ4n) is 3.96. The van der Waals surface area contributed by atoms with Gasteiger partial charge in [0.25, 0.3) is 0 Å². The molecule has 2 heterocycles. The van der Waals surface area contributed by atoms with Gasteiger partial charge < -0.3 is 14.9 Å². The Kier molecular flexibility index (Phi) is 7.00. The summed E-state index contributed by atoms with van der Waals surface area (Å²) in [6.07, 6.45) is 3.81. The number of methoxy groups -OCH3 is 1. The van der Waals surface area contributed by atoms with E-state index >= 15 is 0 Å². The van der Waals surface area contributed by atoms with Gasteiger partial charge in [-0.25, -0.2) is 4.98 Å². The van der Waals surface area contributed by atoms with E-state index in [0.717, 1.165) is 30.9 Å². The molecule has 5 nitrogen and oxygen atoms in total. The zero-order valence-electron chi connectivity index (χ0n) is 16.2. The first-order valence-corrected chi connectivity index (χ1v) is 10.4. The Bertz CT molecular complexity index is 736. The first-order chi connectivity index (χ1) is 13.1. The van der Waals surface area contributed by atoms with Crippen LogP contribution in [0.2, 0.25) is 0 Å². The SMILES string of the molecule is COCCC[C@@]1(CO)CN(Cc2cnc(-c3ccccc3C)s2)CC[C@H]1O. The number of aliphatic hydroxyl groups excluding tert-OH is 2. The molecule has 2 aromatic rings. The van der Waals surface area contributed by atoms with E-state index in [0.29, 0.717) is 19.6 Å². The van der Waals surface area contributed by atoms with Crippen molar-refractivity contribution in [3.63, 3.8) is 0 Å². The van der Waals surface area contributed by atoms with Crippen LogP contribution in [0.5, 0.6) is 0 Å². The van der Waals surface area contributed by atoms with E-state index in [-0.39, 0.29) is 6.61 Å². The Balaban J connectivity index is 1.68. The fourth-order valence-corrected chi connectivity index (χ4v) is 5.01. The molecule has 1 aromatic carbocycles. The van der Waals surface area contributed by atoms with Crippen LogP contribution < -0.4 is 0 Å². The quantitative estimate of drug-likeness (QED) is 0.678. The number of likely N-dealkylation sites (tertiary alicyclic amines) is 1. The van der Waals surface area contributed by atoms with Gasteiger partial charge in [0.15, 0.2) is 0 Å². The van der Waals surface area contributed by atoms with E-state index in [4.69, 9.17) is 4.74 Å². The minimum Gasteiger partial charge on any atom is -0.396 e. The Morgan fingerprint density at radius 1 is 1.37 bits per heavy atom. The molecule has 27 heavy (non-hydrogen) atoms. The molecule has 1 aliphatic heterocycles. The van der Waals surface area contributed by atoms with Gasteiger partial charge in [0.05, 0.1) is 12.7 Å². The third-order valence-electron chi connectivity index (χ3n) is 5.61. The van der Waals surface area contributed by atoms with E-state index in [1.54, 1.807) is 18.4 Å². The van der Waals surface area contributed by atoms with E-state index in [9.17, 15) is 10.2 Å². The molecule has 0 unspecified atom stereocenters. The van der Waals surface area contributed by atoms with Crippen molar-refractivity contribution >= 4 is 11.3 Å². The largest absolute Gasteiger partial charge is 0.396 e. The van der Waals surface area contributed by atoms with Crippen LogP contribution in [0, 0.1) is 12.3 Å². The maximum atomic E-state index is 10.5. The molecule has 148 valence electrons. The number of aromatic nitrogens is 1. The van der Waals surface area contributed by atoms with Crippen LogP contribution in [0.4, 0.5) is 0 Å². The first kappa shape index (κ1) is 20.4. The van der Waals surface area contributed by atoms with Crippen LogP contribution in [-0.4, -0.2) is 59.6 Å². The maximum Gasteiger partial charge on any atom is 0.123 e. The van der Waals surface area contributed by atoms with Crippen molar-refractivity contribution in [3.05, 3.63) is 40.9 Å². The normalized spacial score (nSPS) is 23.6. The van der Waals surface area contributed by atoms with E-state index < -0.39 is 11.5 Å². The van der Waals surface area contributed by atoms with Crippen molar-refractivity contribution in [3.8, 4) is 10.6 Å². The third kappa shape index (κ3) is 4.76. The lowest BCUT2D eigenvalue weighted by Crippen LogP contribution is -2.53. The number of thiazole rings is 1. The van der Waals surface area contributed by atoms with Crippen LogP contribution in [0.25, 0.3) is 10.6 Å². The van der Waals surface area contributed by atoms with Crippen LogP contribution in [0.15, 0.2) is 30.5 Å². The van der Waals surface area contributed by atoms with Gasteiger partial charge in [0.2, 0.25) is 0 Å². The summed E-state index contributed by atoms with van der Waals surface area (Å²) in [4.78, 5) is 8.18. The molecule has 1 fully saturated rings. The average molecular weight is 391 g/mol. The summed E-state index contributed by atoms with van der Waals surface area (Å²) in [6.45, 7) is 5.12. The smallest absolute Gasteiger partial charge is 0.123 e. The van der Waals surface area contributed by atoms with E-state index in [1.807, 2.05) is 18.3 Å². The van der Waals surface area contributed by atoms with Gasteiger partial charge in [-0.2, -0.15) is 0 Å². The molecule has 0 bridgehead atoms. The van der Waals surface area contributed by atoms with Crippen LogP contribution in [0.3, 0.4) is 0 Å². The van der Waals surface area contributed by atoms with Gasteiger partial charge >= 0.3 is 0 Å². The molecule has 0 spiro atoms. The third-order valence-corrected chi connectivity index (χ3v) is 6.63. The highest BCUT2D eigenvalue weighted by molar-refractivity contribution is 7.15. The zero-order valence-corrected chi connectivity index (χ0v) is 17.0. The van der Waals surface area contributed by atoms with Crippen molar-refractivity contribution in [2.45, 2.75) is 38.8 Å². The molecule has 2 atom stereocenters. The van der Waals surface area contributed by atoms with Crippen molar-refractivity contribution < 1.29 is 14.9 Å². The molecule has 0 saturated carbocycles. The molecule has 0 aliphatic carbocycles. The fraction of sp³-hybridized carbons (Fsp3) is 0.571. The van der Waals surface area contributed by atoms with Crippen molar-refractivity contribution in [2.75, 3.05) is 33.4 Å². The second-order valence-electron chi connectivity index (χ2n) is 7.58. The van der Waals surface area contributed by atoms with Crippen molar-refractivity contribution in [2.24, 2.45) is 5.41 Å². The van der Waals surface area contributed by atoms with Gasteiger partial charge in [0, 0.05) is 55.4 Å². The molecule has 0 radical (unpaired) electrons. The molecule has 6 heteroatoms. The molecule has 1 aliphatic rings. The topological polar surface area (TPSA) is 65.8 Å². The molecule has 2 N–H and O–H groups in total. The lowest BCUT2D eigenvalue weighted by atomic mass is 9.74. The highest BCUT2D eigenvalue weighted by Crippen LogP contribution is 2.36. The van der Waals surface area contributed by atoms with E-state index in [1.165, 1.54) is 16.0 Å². The first-order valence-electron chi connectivity index (χ1n) is 9.59. The van der Waals surface area contributed by atoms with Crippen LogP contribution >= 0.6 is 11.3 Å². The summed E-state index contributed by atoms with van der Waals surface area (Å²) in [5, 5.41) is 21.6. The maximum absolute atomic E-state index is 10.5. The molecular formula is C21H30N2O3S. The zero-order chi connectivity index (χ0) is 19.3. The van der Waals surface area contributed by atoms with Crippen molar-refractivity contribution in [1.29, 1.82) is 0 Å². The van der Waals surface area contributed by atoms with Gasteiger partial charge in [-0.05, 0) is 31.7 Å². The monoisotopic (exact) mass is 390 g/mol. The summed E-state index contributed by atoms with van der Waals surface area (Å²) < 4.78 is 5.15. The Hall–Kier alpha value is -1.31. The molecule has 3 rings (SSSR count). The Morgan fingerprint density at radius 3 is 2.93 bits per heavy atom. The lowest BCUT2D eigenvalue weighted by Gasteiger charge is -2.45. The van der Waals surface area contributed by atoms with Gasteiger partial charge in [0.1, 0.15) is 5.01 Å². The molecule has 1 aromatic heterocycles. The number of rotatable bonds is 8. The Labute approximate surface area is 165 Å². The van der Waals surface area contributed by atoms with Gasteiger partial charge in [-0.1, -0.05) is 24.3 Å². The molecular weight excluding hydrogens is 360 g/mol. The minimum atomic E-state index is -0.459. The molecule has 1 saturated heterocycles. The second-order valence-corrected chi connectivity index (χ2v) is 8.69. The number of hydrogen-bond donors (Lipinski definition) is 2. The Morgan fingerprint density at radius 2 is 2.19 bits per heavy atom. The van der Waals surface area contributed by atoms with E-state index in [2.05, 4.69) is 28.9 Å². The van der Waals surface area contributed by atoms with Crippen LogP contribution in [-0.2, 0) is 11.3 Å². The molecule has 0 amide bonds. The number of benzene rings is 1. The predicted molar refractivity (Wildman–Crippen MR) is 109 cm³/mol. The second kappa shape index (κ2) is 9.26. The minimum absolute atomic E-state index is 0.00549. The number of ether oxygens (including phenoxy) is 1. The summed E-state index contributed by atoms with van der Waals surface area (Å²) in [5.41, 5.74) is 1.96. The number of piperidine rings is 1. The van der Waals surface area contributed by atoms with Gasteiger partial charge in [-0.15, -0.1) is 11.3 Å². The highest BCUT2D eigenvalue weighted by atomic mass is 32.1. The number of aryl methyl sites for hydroxylation is 1. The number of hydrogen-bond acceptors (Lipinski definition) is 6. The number of aliphatic hydroxyl groups is 2. The lowest BCUT2D eigenvalue weighted by molar-refractivity contribution is -0.0841. The predicted octanol–water partition coefficient (Wildman–Crippen LogP) is 3.09. The van der Waals surface area contributed by atoms with Crippen molar-refractivity contribution in [1.82, 2.24) is 9.88 Å². The summed E-state index contributed by atoms with van der Waals surface area (Å²) >= 11 is 1.73. The van der Waals surface area contributed by atoms with Crippen LogP contribution in [0.1, 0.15) is 29.7 Å². The summed E-state index contributed by atoms with van der Waals surface area (Å²) in [6, 6.07) is 8.31. The average Bonchev–Trinajstić information content (AvgIpc) is 3.13. The van der Waals surface area contributed by atoms with Gasteiger partial charge in [-0.3, -0.25) is 4.90 Å². The standard InChI is InChI=1S/C21H30N2O3S/c1-16-6-3-4-7-18(16)20-22-12-17(27-20)13-23-10-8-19(25)21(14-23,15-24)9-5-11-26-2/h3-4,6-7,12,19,24-25H,5,8-11,13-15H2,1-2H3/t19-,21+/m1/s1. The summed E-state index contributed by atoms with van der Waals surface area (Å²) in [5.74, 6) is 0. The highest BCUT2D eigenvalue weighted by Gasteiger charge is 2.41. The summed E-state index contributed by atoms with van der Waals surface area (Å²) in [7, 11) is 1.69. The number of nitrogens with zero attached hydrogens (tertiary/aromatic N) is 2.